The van der Waals surface area contributed by atoms with Crippen molar-refractivity contribution in [3.63, 3.8) is 0 Å². The Morgan fingerprint density at radius 1 is 1.47 bits per heavy atom. The molecule has 0 aliphatic heterocycles. The lowest BCUT2D eigenvalue weighted by Gasteiger charge is -2.07. The van der Waals surface area contributed by atoms with Crippen molar-refractivity contribution in [1.29, 1.82) is 0 Å². The second-order valence-corrected chi connectivity index (χ2v) is 3.85. The van der Waals surface area contributed by atoms with E-state index in [0.29, 0.717) is 5.69 Å². The van der Waals surface area contributed by atoms with Crippen LogP contribution in [0.4, 0.5) is 5.69 Å². The van der Waals surface area contributed by atoms with E-state index in [0.717, 1.165) is 10.0 Å². The first-order chi connectivity index (χ1) is 7.00. The molecule has 0 bridgehead atoms. The van der Waals surface area contributed by atoms with Crippen LogP contribution >= 0.6 is 15.9 Å². The molecule has 1 amide bonds. The van der Waals surface area contributed by atoms with Gasteiger partial charge in [-0.2, -0.15) is 0 Å². The molecule has 1 rings (SSSR count). The molecule has 15 heavy (non-hydrogen) atoms. The van der Waals surface area contributed by atoms with Crippen LogP contribution in [0.5, 0.6) is 0 Å². The third kappa shape index (κ3) is 3.36. The predicted molar refractivity (Wildman–Crippen MR) is 59.8 cm³/mol. The maximum absolute atomic E-state index is 11.2. The molecule has 0 saturated carbocycles. The molecular weight excluding hydrogens is 262 g/mol. The van der Waals surface area contributed by atoms with E-state index < -0.39 is 18.3 Å². The van der Waals surface area contributed by atoms with Gasteiger partial charge in [0.2, 0.25) is 5.91 Å². The molecule has 2 N–H and O–H groups in total. The van der Waals surface area contributed by atoms with Gasteiger partial charge in [-0.15, -0.1) is 0 Å². The van der Waals surface area contributed by atoms with Gasteiger partial charge in [0, 0.05) is 4.47 Å². The molecule has 0 saturated heterocycles. The number of carbonyl (C=O) groups is 2. The van der Waals surface area contributed by atoms with Gasteiger partial charge in [-0.1, -0.05) is 12.1 Å². The van der Waals surface area contributed by atoms with Gasteiger partial charge in [0.05, 0.1) is 5.69 Å². The normalized spacial score (nSPS) is 9.73. The van der Waals surface area contributed by atoms with Crippen molar-refractivity contribution in [3.8, 4) is 0 Å². The van der Waals surface area contributed by atoms with Gasteiger partial charge < -0.3 is 10.4 Å². The van der Waals surface area contributed by atoms with E-state index in [4.69, 9.17) is 5.11 Å². The number of anilines is 1. The average molecular weight is 272 g/mol. The fourth-order valence-electron chi connectivity index (χ4n) is 1.08. The molecule has 80 valence electrons. The molecule has 0 unspecified atom stereocenters. The van der Waals surface area contributed by atoms with Crippen LogP contribution in [0.1, 0.15) is 12.0 Å². The van der Waals surface area contributed by atoms with Crippen LogP contribution in [-0.4, -0.2) is 17.0 Å². The van der Waals surface area contributed by atoms with E-state index >= 15 is 0 Å². The summed E-state index contributed by atoms with van der Waals surface area (Å²) in [5, 5.41) is 10.9. The highest BCUT2D eigenvalue weighted by Gasteiger charge is 2.09. The minimum Gasteiger partial charge on any atom is -0.481 e. The number of aryl methyl sites for hydroxylation is 1. The minimum atomic E-state index is -1.14. The number of nitrogens with one attached hydrogen (secondary N) is 1. The van der Waals surface area contributed by atoms with E-state index in [9.17, 15) is 9.59 Å². The number of carboxylic acids is 1. The van der Waals surface area contributed by atoms with Gasteiger partial charge in [-0.3, -0.25) is 9.59 Å². The first-order valence-corrected chi connectivity index (χ1v) is 5.06. The number of halogens is 1. The first kappa shape index (κ1) is 11.7. The molecule has 0 aliphatic carbocycles. The topological polar surface area (TPSA) is 66.4 Å². The van der Waals surface area contributed by atoms with Crippen LogP contribution in [0.2, 0.25) is 0 Å². The van der Waals surface area contributed by atoms with E-state index in [2.05, 4.69) is 21.2 Å². The summed E-state index contributed by atoms with van der Waals surface area (Å²) in [7, 11) is 0. The van der Waals surface area contributed by atoms with Gasteiger partial charge in [0.1, 0.15) is 6.42 Å². The summed E-state index contributed by atoms with van der Waals surface area (Å²) in [6.07, 6.45) is -0.527. The van der Waals surface area contributed by atoms with Crippen LogP contribution in [-0.2, 0) is 9.59 Å². The third-order valence-electron chi connectivity index (χ3n) is 1.78. The smallest absolute Gasteiger partial charge is 0.312 e. The molecule has 0 spiro atoms. The predicted octanol–water partition coefficient (Wildman–Crippen LogP) is 2.17. The van der Waals surface area contributed by atoms with Gasteiger partial charge in [0.15, 0.2) is 0 Å². The van der Waals surface area contributed by atoms with Crippen molar-refractivity contribution in [2.24, 2.45) is 0 Å². The van der Waals surface area contributed by atoms with Crippen molar-refractivity contribution in [2.75, 3.05) is 5.32 Å². The van der Waals surface area contributed by atoms with Gasteiger partial charge in [-0.05, 0) is 34.5 Å². The Labute approximate surface area is 95.4 Å². The standard InChI is InChI=1S/C10H10BrNO3/c1-6-3-2-4-7(10(6)11)12-8(13)5-9(14)15/h2-4H,5H2,1H3,(H,12,13)(H,14,15). The Balaban J connectivity index is 2.77. The highest BCUT2D eigenvalue weighted by molar-refractivity contribution is 9.10. The molecule has 0 aliphatic rings. The molecule has 1 aromatic carbocycles. The maximum Gasteiger partial charge on any atom is 0.312 e. The highest BCUT2D eigenvalue weighted by Crippen LogP contribution is 2.25. The third-order valence-corrected chi connectivity index (χ3v) is 2.83. The number of rotatable bonds is 3. The van der Waals surface area contributed by atoms with Gasteiger partial charge in [0.25, 0.3) is 0 Å². The molecule has 4 nitrogen and oxygen atoms in total. The fourth-order valence-corrected chi connectivity index (χ4v) is 1.44. The lowest BCUT2D eigenvalue weighted by Crippen LogP contribution is -2.16. The summed E-state index contributed by atoms with van der Waals surface area (Å²) < 4.78 is 0.767. The number of benzene rings is 1. The summed E-state index contributed by atoms with van der Waals surface area (Å²) in [4.78, 5) is 21.5. The molecule has 0 fully saturated rings. The monoisotopic (exact) mass is 271 g/mol. The van der Waals surface area contributed by atoms with Crippen LogP contribution in [0.15, 0.2) is 22.7 Å². The summed E-state index contributed by atoms with van der Waals surface area (Å²) in [6, 6.07) is 5.38. The van der Waals surface area contributed by atoms with E-state index in [1.807, 2.05) is 13.0 Å². The molecule has 5 heteroatoms. The Kier molecular flexibility index (Phi) is 3.85. The summed E-state index contributed by atoms with van der Waals surface area (Å²) in [5.41, 5.74) is 1.56. The van der Waals surface area contributed by atoms with Crippen LogP contribution in [0.25, 0.3) is 0 Å². The number of hydrogen-bond acceptors (Lipinski definition) is 2. The van der Waals surface area contributed by atoms with Crippen LogP contribution in [0.3, 0.4) is 0 Å². The van der Waals surface area contributed by atoms with E-state index in [-0.39, 0.29) is 0 Å². The first-order valence-electron chi connectivity index (χ1n) is 4.27. The Morgan fingerprint density at radius 3 is 2.73 bits per heavy atom. The number of aliphatic carboxylic acids is 1. The quantitative estimate of drug-likeness (QED) is 0.829. The molecular formula is C10H10BrNO3. The lowest BCUT2D eigenvalue weighted by molar-refractivity contribution is -0.139. The maximum atomic E-state index is 11.2. The molecule has 0 radical (unpaired) electrons. The van der Waals surface area contributed by atoms with Crippen LogP contribution < -0.4 is 5.32 Å². The number of amides is 1. The molecule has 0 heterocycles. The fraction of sp³-hybridized carbons (Fsp3) is 0.200. The second-order valence-electron chi connectivity index (χ2n) is 3.06. The van der Waals surface area contributed by atoms with Crippen molar-refractivity contribution >= 4 is 33.5 Å². The zero-order valence-electron chi connectivity index (χ0n) is 8.08. The molecule has 1 aromatic rings. The van der Waals surface area contributed by atoms with Crippen molar-refractivity contribution in [1.82, 2.24) is 0 Å². The summed E-state index contributed by atoms with van der Waals surface area (Å²) in [6.45, 7) is 1.89. The second kappa shape index (κ2) is 4.93. The minimum absolute atomic E-state index is 0.527. The Morgan fingerprint density at radius 2 is 2.13 bits per heavy atom. The number of carbonyl (C=O) groups excluding carboxylic acids is 1. The Hall–Kier alpha value is -1.36. The van der Waals surface area contributed by atoms with Crippen molar-refractivity contribution in [3.05, 3.63) is 28.2 Å². The van der Waals surface area contributed by atoms with Crippen LogP contribution in [0, 0.1) is 6.92 Å². The van der Waals surface area contributed by atoms with Gasteiger partial charge in [-0.25, -0.2) is 0 Å². The largest absolute Gasteiger partial charge is 0.481 e. The SMILES string of the molecule is Cc1cccc(NC(=O)CC(=O)O)c1Br. The summed E-state index contributed by atoms with van der Waals surface area (Å²) >= 11 is 3.31. The highest BCUT2D eigenvalue weighted by atomic mass is 79.9. The van der Waals surface area contributed by atoms with E-state index in [1.165, 1.54) is 0 Å². The molecule has 0 atom stereocenters. The van der Waals surface area contributed by atoms with Crippen molar-refractivity contribution in [2.45, 2.75) is 13.3 Å². The number of hydrogen-bond donors (Lipinski definition) is 2. The lowest BCUT2D eigenvalue weighted by atomic mass is 10.2. The summed E-state index contributed by atoms with van der Waals surface area (Å²) in [5.74, 6) is -1.68. The Bertz CT molecular complexity index is 404. The van der Waals surface area contributed by atoms with Gasteiger partial charge >= 0.3 is 5.97 Å². The number of carboxylic acid groups (broad SMARTS) is 1. The van der Waals surface area contributed by atoms with Crippen molar-refractivity contribution < 1.29 is 14.7 Å². The zero-order valence-corrected chi connectivity index (χ0v) is 9.67. The average Bonchev–Trinajstić information content (AvgIpc) is 2.11. The molecule has 0 aromatic heterocycles. The van der Waals surface area contributed by atoms with E-state index in [1.54, 1.807) is 12.1 Å². The zero-order chi connectivity index (χ0) is 11.4.